The summed E-state index contributed by atoms with van der Waals surface area (Å²) in [5.74, 6) is -1.95. The fourth-order valence-corrected chi connectivity index (χ4v) is 2.95. The number of rotatable bonds is 7. The van der Waals surface area contributed by atoms with E-state index >= 15 is 0 Å². The summed E-state index contributed by atoms with van der Waals surface area (Å²) in [7, 11) is 0. The van der Waals surface area contributed by atoms with E-state index in [0.717, 1.165) is 12.8 Å². The molecule has 1 aliphatic rings. The molecule has 1 aromatic rings. The molecule has 1 aromatic carbocycles. The minimum atomic E-state index is -0.732. The van der Waals surface area contributed by atoms with Gasteiger partial charge >= 0.3 is 5.97 Å². The second-order valence-electron chi connectivity index (χ2n) is 7.53. The minimum Gasteiger partial charge on any atom is -0.464 e. The first-order valence-corrected chi connectivity index (χ1v) is 8.83. The van der Waals surface area contributed by atoms with Crippen LogP contribution in [0.25, 0.3) is 0 Å². The molecule has 5 heteroatoms. The monoisotopic (exact) mass is 345 g/mol. The van der Waals surface area contributed by atoms with Crippen molar-refractivity contribution in [2.75, 3.05) is 13.2 Å². The van der Waals surface area contributed by atoms with Gasteiger partial charge in [-0.05, 0) is 31.4 Å². The number of ketones is 2. The maximum atomic E-state index is 12.4. The Kier molecular flexibility index (Phi) is 6.48. The summed E-state index contributed by atoms with van der Waals surface area (Å²) >= 11 is 0. The van der Waals surface area contributed by atoms with Crippen LogP contribution >= 0.6 is 0 Å². The average molecular weight is 345 g/mol. The number of aryl methyl sites for hydroxylation is 1. The minimum absolute atomic E-state index is 0.306. The molecule has 0 radical (unpaired) electrons. The highest BCUT2D eigenvalue weighted by Crippen LogP contribution is 2.24. The molecule has 1 saturated heterocycles. The molecular weight excluding hydrogens is 318 g/mol. The predicted molar refractivity (Wildman–Crippen MR) is 95.1 cm³/mol. The molecule has 0 saturated carbocycles. The SMILES string of the molecule is CC(C)(C)C(=O)C(=O)C1CCN[C@@H]1C(=O)OCCCc1ccccc1. The molecular formula is C20H27NO4. The molecule has 0 aromatic heterocycles. The van der Waals surface area contributed by atoms with Crippen LogP contribution in [0.4, 0.5) is 0 Å². The second kappa shape index (κ2) is 8.39. The third-order valence-corrected chi connectivity index (χ3v) is 4.41. The molecule has 25 heavy (non-hydrogen) atoms. The van der Waals surface area contributed by atoms with Crippen molar-refractivity contribution in [3.63, 3.8) is 0 Å². The third kappa shape index (κ3) is 5.23. The lowest BCUT2D eigenvalue weighted by atomic mass is 9.82. The predicted octanol–water partition coefficient (Wildman–Crippen LogP) is 2.32. The van der Waals surface area contributed by atoms with Crippen LogP contribution in [0.5, 0.6) is 0 Å². The number of carbonyl (C=O) groups excluding carboxylic acids is 3. The van der Waals surface area contributed by atoms with Crippen molar-refractivity contribution >= 4 is 17.5 Å². The van der Waals surface area contributed by atoms with Crippen LogP contribution < -0.4 is 5.32 Å². The first kappa shape index (κ1) is 19.3. The zero-order chi connectivity index (χ0) is 18.4. The van der Waals surface area contributed by atoms with Crippen LogP contribution in [0.2, 0.25) is 0 Å². The molecule has 1 fully saturated rings. The van der Waals surface area contributed by atoms with E-state index < -0.39 is 34.9 Å². The van der Waals surface area contributed by atoms with Gasteiger partial charge in [0.25, 0.3) is 0 Å². The fraction of sp³-hybridized carbons (Fsp3) is 0.550. The van der Waals surface area contributed by atoms with Crippen LogP contribution in [0, 0.1) is 11.3 Å². The summed E-state index contributed by atoms with van der Waals surface area (Å²) in [6, 6.07) is 9.28. The first-order chi connectivity index (χ1) is 11.8. The third-order valence-electron chi connectivity index (χ3n) is 4.41. The van der Waals surface area contributed by atoms with Crippen molar-refractivity contribution < 1.29 is 19.1 Å². The Bertz CT molecular complexity index is 618. The van der Waals surface area contributed by atoms with E-state index in [2.05, 4.69) is 5.32 Å². The molecule has 1 unspecified atom stereocenters. The van der Waals surface area contributed by atoms with E-state index in [9.17, 15) is 14.4 Å². The van der Waals surface area contributed by atoms with Gasteiger partial charge < -0.3 is 10.1 Å². The van der Waals surface area contributed by atoms with Crippen molar-refractivity contribution in [3.05, 3.63) is 35.9 Å². The number of benzene rings is 1. The van der Waals surface area contributed by atoms with Gasteiger partial charge in [0.1, 0.15) is 6.04 Å². The summed E-state index contributed by atoms with van der Waals surface area (Å²) in [6.45, 7) is 5.99. The number of carbonyl (C=O) groups is 3. The molecule has 136 valence electrons. The van der Waals surface area contributed by atoms with Crippen molar-refractivity contribution in [1.82, 2.24) is 5.32 Å². The van der Waals surface area contributed by atoms with Crippen LogP contribution in [0.1, 0.15) is 39.2 Å². The Hall–Kier alpha value is -2.01. The van der Waals surface area contributed by atoms with E-state index in [1.54, 1.807) is 20.8 Å². The van der Waals surface area contributed by atoms with Gasteiger partial charge in [-0.15, -0.1) is 0 Å². The van der Waals surface area contributed by atoms with Gasteiger partial charge in [-0.25, -0.2) is 0 Å². The number of hydrogen-bond donors (Lipinski definition) is 1. The molecule has 0 aliphatic carbocycles. The lowest BCUT2D eigenvalue weighted by Gasteiger charge is -2.21. The average Bonchev–Trinajstić information content (AvgIpc) is 3.07. The van der Waals surface area contributed by atoms with E-state index in [-0.39, 0.29) is 0 Å². The van der Waals surface area contributed by atoms with Gasteiger partial charge in [-0.2, -0.15) is 0 Å². The molecule has 5 nitrogen and oxygen atoms in total. The highest BCUT2D eigenvalue weighted by molar-refractivity contribution is 6.40. The Morgan fingerprint density at radius 2 is 1.84 bits per heavy atom. The quantitative estimate of drug-likeness (QED) is 0.466. The Morgan fingerprint density at radius 1 is 1.16 bits per heavy atom. The molecule has 0 spiro atoms. The smallest absolute Gasteiger partial charge is 0.323 e. The van der Waals surface area contributed by atoms with E-state index in [0.29, 0.717) is 19.6 Å². The summed E-state index contributed by atoms with van der Waals surface area (Å²) < 4.78 is 5.33. The zero-order valence-electron chi connectivity index (χ0n) is 15.2. The normalized spacial score (nSPS) is 20.3. The fourth-order valence-electron chi connectivity index (χ4n) is 2.95. The molecule has 1 aliphatic heterocycles. The maximum absolute atomic E-state index is 12.4. The first-order valence-electron chi connectivity index (χ1n) is 8.83. The number of ether oxygens (including phenoxy) is 1. The van der Waals surface area contributed by atoms with Gasteiger partial charge in [0.15, 0.2) is 0 Å². The molecule has 0 amide bonds. The van der Waals surface area contributed by atoms with Gasteiger partial charge in [0, 0.05) is 5.41 Å². The summed E-state index contributed by atoms with van der Waals surface area (Å²) in [6.07, 6.45) is 2.05. The van der Waals surface area contributed by atoms with E-state index in [1.807, 2.05) is 30.3 Å². The molecule has 0 bridgehead atoms. The lowest BCUT2D eigenvalue weighted by molar-refractivity contribution is -0.150. The highest BCUT2D eigenvalue weighted by Gasteiger charge is 2.43. The van der Waals surface area contributed by atoms with Gasteiger partial charge in [0.05, 0.1) is 12.5 Å². The Morgan fingerprint density at radius 3 is 2.48 bits per heavy atom. The van der Waals surface area contributed by atoms with Gasteiger partial charge in [0.2, 0.25) is 11.6 Å². The molecule has 2 atom stereocenters. The van der Waals surface area contributed by atoms with Gasteiger partial charge in [-0.3, -0.25) is 14.4 Å². The Labute approximate surface area is 149 Å². The number of hydrogen-bond acceptors (Lipinski definition) is 5. The van der Waals surface area contributed by atoms with E-state index in [4.69, 9.17) is 4.74 Å². The summed E-state index contributed by atoms with van der Waals surface area (Å²) in [5.41, 5.74) is 0.463. The standard InChI is InChI=1S/C20H27NO4/c1-20(2,3)18(23)17(22)15-11-12-21-16(15)19(24)25-13-7-10-14-8-5-4-6-9-14/h4-6,8-9,15-16,21H,7,10-13H2,1-3H3/t15?,16-/m0/s1. The largest absolute Gasteiger partial charge is 0.464 e. The molecule has 1 heterocycles. The summed E-state index contributed by atoms with van der Waals surface area (Å²) in [4.78, 5) is 36.9. The Balaban J connectivity index is 1.83. The summed E-state index contributed by atoms with van der Waals surface area (Å²) in [5, 5.41) is 3.00. The van der Waals surface area contributed by atoms with Crippen molar-refractivity contribution in [1.29, 1.82) is 0 Å². The number of Topliss-reactive ketones (excluding diaryl/α,β-unsaturated/α-hetero) is 2. The van der Waals surface area contributed by atoms with Crippen molar-refractivity contribution in [2.45, 2.75) is 46.1 Å². The highest BCUT2D eigenvalue weighted by atomic mass is 16.5. The van der Waals surface area contributed by atoms with Gasteiger partial charge in [-0.1, -0.05) is 51.1 Å². The number of esters is 1. The topological polar surface area (TPSA) is 72.5 Å². The van der Waals surface area contributed by atoms with Crippen LogP contribution in [-0.4, -0.2) is 36.7 Å². The van der Waals surface area contributed by atoms with Crippen molar-refractivity contribution in [2.24, 2.45) is 11.3 Å². The number of nitrogens with one attached hydrogen (secondary N) is 1. The molecule has 1 N–H and O–H groups in total. The zero-order valence-corrected chi connectivity index (χ0v) is 15.2. The van der Waals surface area contributed by atoms with Crippen LogP contribution in [0.15, 0.2) is 30.3 Å². The maximum Gasteiger partial charge on any atom is 0.323 e. The van der Waals surface area contributed by atoms with Crippen LogP contribution in [-0.2, 0) is 25.5 Å². The lowest BCUT2D eigenvalue weighted by Crippen LogP contribution is -2.44. The molecule has 2 rings (SSSR count). The second-order valence-corrected chi connectivity index (χ2v) is 7.53. The van der Waals surface area contributed by atoms with E-state index in [1.165, 1.54) is 5.56 Å². The van der Waals surface area contributed by atoms with Crippen molar-refractivity contribution in [3.8, 4) is 0 Å². The van der Waals surface area contributed by atoms with Crippen LogP contribution in [0.3, 0.4) is 0 Å².